The van der Waals surface area contributed by atoms with Gasteiger partial charge >= 0.3 is 0 Å². The maximum Gasteiger partial charge on any atom is 0.191 e. The molecule has 1 aromatic carbocycles. The van der Waals surface area contributed by atoms with Crippen LogP contribution < -0.4 is 10.6 Å². The average Bonchev–Trinajstić information content (AvgIpc) is 3.36. The van der Waals surface area contributed by atoms with Crippen molar-refractivity contribution in [2.24, 2.45) is 10.9 Å². The van der Waals surface area contributed by atoms with Crippen molar-refractivity contribution in [1.29, 1.82) is 0 Å². The third-order valence-electron chi connectivity index (χ3n) is 4.85. The number of aliphatic imine (C=N–C) groups is 1. The predicted molar refractivity (Wildman–Crippen MR) is 111 cm³/mol. The van der Waals surface area contributed by atoms with Crippen LogP contribution in [-0.4, -0.2) is 55.7 Å². The monoisotopic (exact) mass is 374 g/mol. The molecule has 0 saturated heterocycles. The fraction of sp³-hybridized carbons (Fsp3) is 0.550. The molecule has 3 rings (SSSR count). The van der Waals surface area contributed by atoms with Gasteiger partial charge in [-0.3, -0.25) is 4.99 Å². The summed E-state index contributed by atoms with van der Waals surface area (Å²) in [5.41, 5.74) is 0. The Kier molecular flexibility index (Phi) is 6.51. The summed E-state index contributed by atoms with van der Waals surface area (Å²) in [4.78, 5) is 8.01. The van der Waals surface area contributed by atoms with Gasteiger partial charge < -0.3 is 20.6 Å². The Morgan fingerprint density at radius 1 is 1.31 bits per heavy atom. The zero-order valence-electron chi connectivity index (χ0n) is 15.9. The van der Waals surface area contributed by atoms with Crippen molar-refractivity contribution in [3.63, 3.8) is 0 Å². The van der Waals surface area contributed by atoms with Gasteiger partial charge in [0, 0.05) is 28.7 Å². The molecule has 1 saturated carbocycles. The van der Waals surface area contributed by atoms with Gasteiger partial charge in [0.25, 0.3) is 0 Å². The number of aliphatic hydroxyl groups excluding tert-OH is 1. The van der Waals surface area contributed by atoms with Gasteiger partial charge in [0.15, 0.2) is 5.96 Å². The SMILES string of the molecule is CCNC(=NCC(C1CC1)N(C)C)NCC(O)c1cc2ccccc2s1. The molecule has 0 amide bonds. The Balaban J connectivity index is 1.59. The number of aliphatic hydroxyl groups is 1. The number of benzene rings is 1. The number of hydrogen-bond donors (Lipinski definition) is 3. The van der Waals surface area contributed by atoms with Gasteiger partial charge in [-0.25, -0.2) is 0 Å². The zero-order chi connectivity index (χ0) is 18.5. The van der Waals surface area contributed by atoms with Crippen molar-refractivity contribution in [2.45, 2.75) is 31.9 Å². The first kappa shape index (κ1) is 19.1. The molecule has 2 aromatic rings. The number of nitrogens with one attached hydrogen (secondary N) is 2. The van der Waals surface area contributed by atoms with Crippen molar-refractivity contribution >= 4 is 27.4 Å². The molecular formula is C20H30N4OS. The molecule has 0 spiro atoms. The highest BCUT2D eigenvalue weighted by Gasteiger charge is 2.32. The van der Waals surface area contributed by atoms with Gasteiger partial charge in [-0.2, -0.15) is 0 Å². The van der Waals surface area contributed by atoms with E-state index >= 15 is 0 Å². The lowest BCUT2D eigenvalue weighted by atomic mass is 10.2. The minimum Gasteiger partial charge on any atom is -0.386 e. The van der Waals surface area contributed by atoms with E-state index in [4.69, 9.17) is 4.99 Å². The lowest BCUT2D eigenvalue weighted by molar-refractivity contribution is 0.184. The maximum atomic E-state index is 10.6. The van der Waals surface area contributed by atoms with E-state index in [1.807, 2.05) is 12.1 Å². The zero-order valence-corrected chi connectivity index (χ0v) is 16.7. The van der Waals surface area contributed by atoms with Crippen LogP contribution in [0.2, 0.25) is 0 Å². The van der Waals surface area contributed by atoms with E-state index in [0.29, 0.717) is 12.6 Å². The highest BCUT2D eigenvalue weighted by molar-refractivity contribution is 7.19. The molecule has 1 aliphatic rings. The van der Waals surface area contributed by atoms with Crippen LogP contribution in [0.3, 0.4) is 0 Å². The third-order valence-corrected chi connectivity index (χ3v) is 6.06. The Bertz CT molecular complexity index is 703. The average molecular weight is 375 g/mol. The topological polar surface area (TPSA) is 59.9 Å². The van der Waals surface area contributed by atoms with Crippen molar-refractivity contribution in [1.82, 2.24) is 15.5 Å². The molecule has 26 heavy (non-hydrogen) atoms. The minimum atomic E-state index is -0.538. The van der Waals surface area contributed by atoms with Crippen LogP contribution in [0.1, 0.15) is 30.7 Å². The summed E-state index contributed by atoms with van der Waals surface area (Å²) < 4.78 is 1.21. The van der Waals surface area contributed by atoms with Gasteiger partial charge in [-0.05, 0) is 57.3 Å². The molecular weight excluding hydrogens is 344 g/mol. The summed E-state index contributed by atoms with van der Waals surface area (Å²) in [5.74, 6) is 1.56. The third kappa shape index (κ3) is 4.96. The number of rotatable bonds is 8. The lowest BCUT2D eigenvalue weighted by Gasteiger charge is -2.23. The number of guanidine groups is 1. The molecule has 1 heterocycles. The second-order valence-electron chi connectivity index (χ2n) is 7.17. The van der Waals surface area contributed by atoms with E-state index in [-0.39, 0.29) is 0 Å². The Morgan fingerprint density at radius 3 is 2.73 bits per heavy atom. The first-order valence-electron chi connectivity index (χ1n) is 9.43. The van der Waals surface area contributed by atoms with Crippen molar-refractivity contribution < 1.29 is 5.11 Å². The Morgan fingerprint density at radius 2 is 2.08 bits per heavy atom. The second-order valence-corrected chi connectivity index (χ2v) is 8.29. The molecule has 2 unspecified atom stereocenters. The van der Waals surface area contributed by atoms with Crippen LogP contribution in [0.15, 0.2) is 35.3 Å². The number of likely N-dealkylation sites (N-methyl/N-ethyl adjacent to an activating group) is 1. The highest BCUT2D eigenvalue weighted by atomic mass is 32.1. The number of hydrogen-bond acceptors (Lipinski definition) is 4. The maximum absolute atomic E-state index is 10.6. The molecule has 3 N–H and O–H groups in total. The van der Waals surface area contributed by atoms with E-state index in [1.54, 1.807) is 11.3 Å². The van der Waals surface area contributed by atoms with Gasteiger partial charge in [0.1, 0.15) is 6.10 Å². The summed E-state index contributed by atoms with van der Waals surface area (Å²) in [6, 6.07) is 10.8. The van der Waals surface area contributed by atoms with E-state index in [1.165, 1.54) is 22.9 Å². The van der Waals surface area contributed by atoms with E-state index < -0.39 is 6.10 Å². The minimum absolute atomic E-state index is 0.453. The van der Waals surface area contributed by atoms with Crippen LogP contribution in [0, 0.1) is 5.92 Å². The lowest BCUT2D eigenvalue weighted by Crippen LogP contribution is -2.41. The molecule has 1 aromatic heterocycles. The molecule has 2 atom stereocenters. The Labute approximate surface area is 160 Å². The van der Waals surface area contributed by atoms with Crippen molar-refractivity contribution in [3.05, 3.63) is 35.2 Å². The molecule has 1 aliphatic carbocycles. The molecule has 0 radical (unpaired) electrons. The smallest absolute Gasteiger partial charge is 0.191 e. The van der Waals surface area contributed by atoms with Crippen LogP contribution in [0.25, 0.3) is 10.1 Å². The van der Waals surface area contributed by atoms with E-state index in [0.717, 1.165) is 29.8 Å². The number of fused-ring (bicyclic) bond motifs is 1. The van der Waals surface area contributed by atoms with Crippen molar-refractivity contribution in [3.8, 4) is 0 Å². The fourth-order valence-corrected chi connectivity index (χ4v) is 4.25. The van der Waals surface area contributed by atoms with E-state index in [9.17, 15) is 5.11 Å². The summed E-state index contributed by atoms with van der Waals surface area (Å²) in [6.45, 7) is 4.10. The van der Waals surface area contributed by atoms with Crippen LogP contribution in [-0.2, 0) is 0 Å². The quantitative estimate of drug-likeness (QED) is 0.491. The molecule has 0 aliphatic heterocycles. The molecule has 142 valence electrons. The molecule has 5 nitrogen and oxygen atoms in total. The first-order valence-corrected chi connectivity index (χ1v) is 10.2. The fourth-order valence-electron chi connectivity index (χ4n) is 3.20. The van der Waals surface area contributed by atoms with Gasteiger partial charge in [0.2, 0.25) is 0 Å². The van der Waals surface area contributed by atoms with Crippen LogP contribution in [0.4, 0.5) is 0 Å². The first-order chi connectivity index (χ1) is 12.6. The molecule has 1 fully saturated rings. The van der Waals surface area contributed by atoms with Crippen LogP contribution >= 0.6 is 11.3 Å². The standard InChI is InChI=1S/C20H30N4OS/c1-4-21-20(22-12-16(24(2)3)14-9-10-14)23-13-17(25)19-11-15-7-5-6-8-18(15)26-19/h5-8,11,14,16-17,25H,4,9-10,12-13H2,1-3H3,(H2,21,22,23). The highest BCUT2D eigenvalue weighted by Crippen LogP contribution is 2.34. The van der Waals surface area contributed by atoms with Crippen molar-refractivity contribution in [2.75, 3.05) is 33.7 Å². The van der Waals surface area contributed by atoms with Gasteiger partial charge in [-0.15, -0.1) is 11.3 Å². The second kappa shape index (κ2) is 8.84. The number of thiophene rings is 1. The Hall–Kier alpha value is -1.63. The number of nitrogens with zero attached hydrogens (tertiary/aromatic N) is 2. The summed E-state index contributed by atoms with van der Waals surface area (Å²) in [6.07, 6.45) is 2.09. The van der Waals surface area contributed by atoms with E-state index in [2.05, 4.69) is 54.8 Å². The summed E-state index contributed by atoms with van der Waals surface area (Å²) in [7, 11) is 4.26. The summed E-state index contributed by atoms with van der Waals surface area (Å²) >= 11 is 1.65. The normalized spacial score (nSPS) is 17.5. The largest absolute Gasteiger partial charge is 0.386 e. The molecule has 6 heteroatoms. The predicted octanol–water partition coefficient (Wildman–Crippen LogP) is 2.83. The van der Waals surface area contributed by atoms with Gasteiger partial charge in [-0.1, -0.05) is 18.2 Å². The molecule has 0 bridgehead atoms. The van der Waals surface area contributed by atoms with Crippen LogP contribution in [0.5, 0.6) is 0 Å². The summed E-state index contributed by atoms with van der Waals surface area (Å²) in [5, 5.41) is 18.3. The van der Waals surface area contributed by atoms with Gasteiger partial charge in [0.05, 0.1) is 6.54 Å².